The molecule has 1 N–H and O–H groups in total. The first-order valence-electron chi connectivity index (χ1n) is 10.0. The maximum atomic E-state index is 5.24. The zero-order valence-electron chi connectivity index (χ0n) is 17.0. The molecule has 3 heteroatoms. The van der Waals surface area contributed by atoms with Gasteiger partial charge in [0.15, 0.2) is 0 Å². The van der Waals surface area contributed by atoms with Gasteiger partial charge in [0.2, 0.25) is 0 Å². The molecule has 0 atom stereocenters. The highest BCUT2D eigenvalue weighted by atomic mass is 16.5. The van der Waals surface area contributed by atoms with E-state index >= 15 is 0 Å². The Morgan fingerprint density at radius 3 is 1.67 bits per heavy atom. The van der Waals surface area contributed by atoms with Gasteiger partial charge in [0.05, 0.1) is 18.1 Å². The van der Waals surface area contributed by atoms with Crippen molar-refractivity contribution in [3.8, 4) is 39.4 Å². The number of nitrogens with zero attached hydrogens (tertiary/aromatic N) is 1. The Balaban J connectivity index is 1.39. The fourth-order valence-electron chi connectivity index (χ4n) is 3.72. The van der Waals surface area contributed by atoms with Crippen LogP contribution < -0.4 is 4.74 Å². The number of rotatable bonds is 4. The summed E-state index contributed by atoms with van der Waals surface area (Å²) < 4.78 is 5.24. The Morgan fingerprint density at radius 1 is 0.633 bits per heavy atom. The second-order valence-electron chi connectivity index (χ2n) is 7.49. The summed E-state index contributed by atoms with van der Waals surface area (Å²) in [5, 5.41) is 0. The van der Waals surface area contributed by atoms with Crippen LogP contribution >= 0.6 is 0 Å². The number of nitrogens with one attached hydrogen (secondary N) is 1. The molecule has 3 nitrogen and oxygen atoms in total. The molecule has 0 radical (unpaired) electrons. The number of methoxy groups -OCH3 is 1. The molecule has 0 saturated carbocycles. The molecule has 5 rings (SSSR count). The third-order valence-electron chi connectivity index (χ3n) is 5.44. The number of imidazole rings is 1. The summed E-state index contributed by atoms with van der Waals surface area (Å²) in [7, 11) is 1.68. The fourth-order valence-corrected chi connectivity index (χ4v) is 3.72. The molecule has 0 aliphatic rings. The number of benzene rings is 4. The molecule has 0 bridgehead atoms. The molecule has 1 heterocycles. The molecule has 5 aromatic rings. The van der Waals surface area contributed by atoms with Crippen molar-refractivity contribution in [1.29, 1.82) is 0 Å². The van der Waals surface area contributed by atoms with E-state index in [1.807, 2.05) is 12.1 Å². The number of aromatic nitrogens is 2. The minimum atomic E-state index is 0.870. The lowest BCUT2D eigenvalue weighted by atomic mass is 9.99. The van der Waals surface area contributed by atoms with Gasteiger partial charge < -0.3 is 9.72 Å². The van der Waals surface area contributed by atoms with Crippen molar-refractivity contribution < 1.29 is 4.74 Å². The summed E-state index contributed by atoms with van der Waals surface area (Å²) in [6.45, 7) is 2.09. The van der Waals surface area contributed by atoms with Crippen molar-refractivity contribution in [1.82, 2.24) is 9.97 Å². The van der Waals surface area contributed by atoms with Crippen molar-refractivity contribution in [2.45, 2.75) is 6.92 Å². The number of aromatic amines is 1. The molecule has 0 unspecified atom stereocenters. The van der Waals surface area contributed by atoms with Crippen molar-refractivity contribution in [2.24, 2.45) is 0 Å². The average Bonchev–Trinajstić information content (AvgIpc) is 3.23. The molecule has 0 aliphatic carbocycles. The normalized spacial score (nSPS) is 11.0. The van der Waals surface area contributed by atoms with E-state index < -0.39 is 0 Å². The van der Waals surface area contributed by atoms with Crippen LogP contribution in [-0.4, -0.2) is 17.1 Å². The smallest absolute Gasteiger partial charge is 0.138 e. The van der Waals surface area contributed by atoms with E-state index in [-0.39, 0.29) is 0 Å². The van der Waals surface area contributed by atoms with E-state index in [9.17, 15) is 0 Å². The lowest BCUT2D eigenvalue weighted by molar-refractivity contribution is 0.415. The second-order valence-corrected chi connectivity index (χ2v) is 7.49. The molecular weight excluding hydrogens is 368 g/mol. The third-order valence-corrected chi connectivity index (χ3v) is 5.44. The fraction of sp³-hybridized carbons (Fsp3) is 0.0741. The molecule has 0 amide bonds. The van der Waals surface area contributed by atoms with Gasteiger partial charge in [0.25, 0.3) is 0 Å². The molecule has 0 saturated heterocycles. The summed E-state index contributed by atoms with van der Waals surface area (Å²) in [4.78, 5) is 8.15. The van der Waals surface area contributed by atoms with Gasteiger partial charge in [-0.05, 0) is 59.0 Å². The topological polar surface area (TPSA) is 37.9 Å². The summed E-state index contributed by atoms with van der Waals surface area (Å²) in [6.07, 6.45) is 0. The number of hydrogen-bond donors (Lipinski definition) is 1. The van der Waals surface area contributed by atoms with Crippen LogP contribution in [0, 0.1) is 6.92 Å². The van der Waals surface area contributed by atoms with Crippen LogP contribution in [0.1, 0.15) is 5.56 Å². The first kappa shape index (κ1) is 18.2. The standard InChI is InChI=1S/C27H22N2O/c1-18-3-16-25-26(17-18)29-27(28-25)23-10-8-21(9-11-23)19-4-6-20(7-5-19)22-12-14-24(30-2)15-13-22/h3-17H,1-2H3,(H,28,29). The first-order valence-corrected chi connectivity index (χ1v) is 10.0. The van der Waals surface area contributed by atoms with Crippen LogP contribution in [-0.2, 0) is 0 Å². The molecule has 30 heavy (non-hydrogen) atoms. The number of ether oxygens (including phenoxy) is 1. The van der Waals surface area contributed by atoms with E-state index in [4.69, 9.17) is 9.72 Å². The Kier molecular flexibility index (Phi) is 4.56. The van der Waals surface area contributed by atoms with E-state index in [0.717, 1.165) is 28.2 Å². The van der Waals surface area contributed by atoms with Crippen LogP contribution in [0.15, 0.2) is 91.0 Å². The second kappa shape index (κ2) is 7.53. The average molecular weight is 390 g/mol. The van der Waals surface area contributed by atoms with Crippen molar-refractivity contribution in [3.05, 3.63) is 96.6 Å². The van der Waals surface area contributed by atoms with Crippen LogP contribution in [0.25, 0.3) is 44.7 Å². The molecule has 0 aliphatic heterocycles. The van der Waals surface area contributed by atoms with Gasteiger partial charge in [0.1, 0.15) is 11.6 Å². The number of fused-ring (bicyclic) bond motifs is 1. The predicted octanol–water partition coefficient (Wildman–Crippen LogP) is 6.88. The largest absolute Gasteiger partial charge is 0.497 e. The molecule has 4 aromatic carbocycles. The van der Waals surface area contributed by atoms with Gasteiger partial charge in [-0.3, -0.25) is 0 Å². The number of aryl methyl sites for hydroxylation is 1. The monoisotopic (exact) mass is 390 g/mol. The third kappa shape index (κ3) is 3.46. The highest BCUT2D eigenvalue weighted by Gasteiger charge is 2.07. The van der Waals surface area contributed by atoms with Gasteiger partial charge in [0, 0.05) is 5.56 Å². The Labute approximate surface area is 176 Å². The zero-order valence-corrected chi connectivity index (χ0v) is 17.0. The summed E-state index contributed by atoms with van der Waals surface area (Å²) in [5.41, 5.74) is 9.13. The predicted molar refractivity (Wildman–Crippen MR) is 124 cm³/mol. The lowest BCUT2D eigenvalue weighted by Gasteiger charge is -2.07. The Hall–Kier alpha value is -3.85. The van der Waals surface area contributed by atoms with Gasteiger partial charge in [-0.1, -0.05) is 66.7 Å². The number of hydrogen-bond acceptors (Lipinski definition) is 2. The molecule has 0 fully saturated rings. The molecule has 146 valence electrons. The van der Waals surface area contributed by atoms with E-state index in [0.29, 0.717) is 0 Å². The van der Waals surface area contributed by atoms with Crippen LogP contribution in [0.2, 0.25) is 0 Å². The molecule has 1 aromatic heterocycles. The van der Waals surface area contributed by atoms with Crippen molar-refractivity contribution >= 4 is 11.0 Å². The highest BCUT2D eigenvalue weighted by molar-refractivity contribution is 5.80. The van der Waals surface area contributed by atoms with Crippen molar-refractivity contribution in [2.75, 3.05) is 7.11 Å². The summed E-state index contributed by atoms with van der Waals surface area (Å²) >= 11 is 0. The lowest BCUT2D eigenvalue weighted by Crippen LogP contribution is -1.84. The first-order chi connectivity index (χ1) is 14.7. The summed E-state index contributed by atoms with van der Waals surface area (Å²) in [5.74, 6) is 1.77. The highest BCUT2D eigenvalue weighted by Crippen LogP contribution is 2.28. The zero-order chi connectivity index (χ0) is 20.5. The maximum absolute atomic E-state index is 5.24. The van der Waals surface area contributed by atoms with E-state index in [2.05, 4.69) is 90.8 Å². The number of H-pyrrole nitrogens is 1. The van der Waals surface area contributed by atoms with Gasteiger partial charge >= 0.3 is 0 Å². The minimum absolute atomic E-state index is 0.870. The summed E-state index contributed by atoms with van der Waals surface area (Å²) in [6, 6.07) is 31.6. The quantitative estimate of drug-likeness (QED) is 0.363. The van der Waals surface area contributed by atoms with E-state index in [1.54, 1.807) is 7.11 Å². The van der Waals surface area contributed by atoms with Crippen LogP contribution in [0.3, 0.4) is 0 Å². The van der Waals surface area contributed by atoms with Crippen LogP contribution in [0.4, 0.5) is 0 Å². The Bertz CT molecular complexity index is 1300. The Morgan fingerprint density at radius 2 is 1.13 bits per heavy atom. The van der Waals surface area contributed by atoms with Crippen molar-refractivity contribution in [3.63, 3.8) is 0 Å². The molecule has 0 spiro atoms. The van der Waals surface area contributed by atoms with Gasteiger partial charge in [-0.15, -0.1) is 0 Å². The van der Waals surface area contributed by atoms with Gasteiger partial charge in [-0.25, -0.2) is 4.98 Å². The van der Waals surface area contributed by atoms with Gasteiger partial charge in [-0.2, -0.15) is 0 Å². The van der Waals surface area contributed by atoms with Crippen LogP contribution in [0.5, 0.6) is 5.75 Å². The minimum Gasteiger partial charge on any atom is -0.497 e. The van der Waals surface area contributed by atoms with E-state index in [1.165, 1.54) is 27.8 Å². The SMILES string of the molecule is COc1ccc(-c2ccc(-c3ccc(-c4nc5ccc(C)cc5[nH]4)cc3)cc2)cc1. The molecular formula is C27H22N2O. The maximum Gasteiger partial charge on any atom is 0.138 e.